The minimum absolute atomic E-state index is 0.0458. The van der Waals surface area contributed by atoms with E-state index in [9.17, 15) is 9.59 Å². The summed E-state index contributed by atoms with van der Waals surface area (Å²) in [5.41, 5.74) is 7.90. The van der Waals surface area contributed by atoms with Crippen LogP contribution in [0.2, 0.25) is 0 Å². The van der Waals surface area contributed by atoms with Crippen molar-refractivity contribution in [1.82, 2.24) is 10.2 Å². The van der Waals surface area contributed by atoms with Gasteiger partial charge in [0, 0.05) is 30.4 Å². The summed E-state index contributed by atoms with van der Waals surface area (Å²) in [7, 11) is 0. The number of halogens is 2. The van der Waals surface area contributed by atoms with Crippen LogP contribution in [0.1, 0.15) is 113 Å². The number of hydrogen-bond acceptors (Lipinski definition) is 5. The highest BCUT2D eigenvalue weighted by atomic mass is 19.3. The number of aryl methyl sites for hydroxylation is 1. The van der Waals surface area contributed by atoms with Gasteiger partial charge in [0.25, 0.3) is 5.92 Å². The highest BCUT2D eigenvalue weighted by molar-refractivity contribution is 5.99. The molecule has 0 saturated carbocycles. The Kier molecular flexibility index (Phi) is 7.50. The maximum absolute atomic E-state index is 15.6. The summed E-state index contributed by atoms with van der Waals surface area (Å²) in [6, 6.07) is 11.6. The average Bonchev–Trinajstić information content (AvgIpc) is 2.94. The molecule has 9 heteroatoms. The zero-order chi connectivity index (χ0) is 30.6. The van der Waals surface area contributed by atoms with Gasteiger partial charge in [0.2, 0.25) is 11.8 Å². The van der Waals surface area contributed by atoms with Crippen molar-refractivity contribution in [3.8, 4) is 5.75 Å². The van der Waals surface area contributed by atoms with Gasteiger partial charge in [-0.2, -0.15) is 0 Å². The molecule has 7 rings (SSSR count). The number of amides is 2. The molecule has 2 amide bonds. The van der Waals surface area contributed by atoms with E-state index >= 15 is 8.78 Å². The predicted octanol–water partition coefficient (Wildman–Crippen LogP) is 6.46. The number of aliphatic imine (C=N–C) groups is 1. The molecule has 0 aromatic heterocycles. The van der Waals surface area contributed by atoms with E-state index in [2.05, 4.69) is 17.4 Å². The van der Waals surface area contributed by atoms with Gasteiger partial charge in [0.05, 0.1) is 24.0 Å². The van der Waals surface area contributed by atoms with Crippen LogP contribution in [0.5, 0.6) is 5.75 Å². The van der Waals surface area contributed by atoms with Crippen LogP contribution in [-0.4, -0.2) is 33.8 Å². The van der Waals surface area contributed by atoms with Gasteiger partial charge in [0.1, 0.15) is 11.4 Å². The van der Waals surface area contributed by atoms with Gasteiger partial charge in [-0.1, -0.05) is 49.7 Å². The van der Waals surface area contributed by atoms with E-state index in [4.69, 9.17) is 15.5 Å². The topological polar surface area (TPSA) is 97.0 Å². The zero-order valence-corrected chi connectivity index (χ0v) is 25.3. The Morgan fingerprint density at radius 2 is 1.86 bits per heavy atom. The quantitative estimate of drug-likeness (QED) is 0.397. The number of carbonyl (C=O) groups excluding carboxylic acids is 2. The Morgan fingerprint density at radius 1 is 1.07 bits per heavy atom. The fraction of sp³-hybridized carbons (Fsp3) is 0.559. The molecule has 2 unspecified atom stereocenters. The average molecular weight is 593 g/mol. The van der Waals surface area contributed by atoms with E-state index in [0.29, 0.717) is 24.8 Å². The standard InChI is InChI=1S/C34H42F2N4O3/c1-4-33-16-8-7-9-21-12-14-27-24(17-21)26(19-32(2,3)43-27)38-28(41)15-13-22-18-34(35,36)25-11-6-5-10-23(25)30(22)40(29(42)20-33)31(37)39-33/h5-6,10-12,14,17,22,26,30H,4,7-9,13,15-16,18-20H2,1-3H3,(H2,37,39)(H,38,41)/t22?,26-,30?,33+/m0/s1. The normalized spacial score (nSPS) is 30.1. The van der Waals surface area contributed by atoms with Gasteiger partial charge in [-0.05, 0) is 69.1 Å². The molecule has 0 spiro atoms. The van der Waals surface area contributed by atoms with Crippen LogP contribution < -0.4 is 15.8 Å². The summed E-state index contributed by atoms with van der Waals surface area (Å²) in [5.74, 6) is -3.34. The van der Waals surface area contributed by atoms with E-state index < -0.39 is 35.4 Å². The van der Waals surface area contributed by atoms with Crippen LogP contribution in [0, 0.1) is 5.92 Å². The predicted molar refractivity (Wildman–Crippen MR) is 161 cm³/mol. The summed E-state index contributed by atoms with van der Waals surface area (Å²) in [6.07, 6.45) is 4.52. The van der Waals surface area contributed by atoms with E-state index in [0.717, 1.165) is 36.1 Å². The lowest BCUT2D eigenvalue weighted by Crippen LogP contribution is -2.55. The number of ether oxygens (including phenoxy) is 1. The number of nitrogens with two attached hydrogens (primary N) is 1. The largest absolute Gasteiger partial charge is 0.487 e. The number of nitrogens with one attached hydrogen (secondary N) is 1. The van der Waals surface area contributed by atoms with Gasteiger partial charge < -0.3 is 15.8 Å². The van der Waals surface area contributed by atoms with Crippen molar-refractivity contribution in [2.75, 3.05) is 0 Å². The molecule has 2 aromatic rings. The zero-order valence-electron chi connectivity index (χ0n) is 25.3. The van der Waals surface area contributed by atoms with Gasteiger partial charge >= 0.3 is 0 Å². The van der Waals surface area contributed by atoms with Crippen molar-refractivity contribution in [3.63, 3.8) is 0 Å². The van der Waals surface area contributed by atoms with Crippen LogP contribution in [0.25, 0.3) is 0 Å². The van der Waals surface area contributed by atoms with E-state index in [1.165, 1.54) is 11.0 Å². The lowest BCUT2D eigenvalue weighted by molar-refractivity contribution is -0.135. The molecule has 1 aliphatic carbocycles. The van der Waals surface area contributed by atoms with Crippen LogP contribution in [0.3, 0.4) is 0 Å². The third-order valence-electron chi connectivity index (χ3n) is 9.89. The van der Waals surface area contributed by atoms with E-state index in [1.54, 1.807) is 18.2 Å². The fourth-order valence-electron chi connectivity index (χ4n) is 7.71. The van der Waals surface area contributed by atoms with E-state index in [1.807, 2.05) is 26.8 Å². The molecule has 3 N–H and O–H groups in total. The Labute approximate surface area is 252 Å². The molecular weight excluding hydrogens is 550 g/mol. The molecule has 4 heterocycles. The minimum atomic E-state index is -3.09. The molecule has 0 radical (unpaired) electrons. The summed E-state index contributed by atoms with van der Waals surface area (Å²) >= 11 is 0. The maximum Gasteiger partial charge on any atom is 0.273 e. The van der Waals surface area contributed by atoms with E-state index in [-0.39, 0.29) is 48.6 Å². The molecule has 0 saturated heterocycles. The molecule has 5 aliphatic rings. The molecule has 4 aliphatic heterocycles. The van der Waals surface area contributed by atoms with Crippen molar-refractivity contribution in [2.45, 2.75) is 114 Å². The first-order chi connectivity index (χ1) is 20.4. The summed E-state index contributed by atoms with van der Waals surface area (Å²) in [4.78, 5) is 33.8. The Bertz CT molecular complexity index is 1460. The Balaban J connectivity index is 1.40. The van der Waals surface area contributed by atoms with Crippen molar-refractivity contribution in [2.24, 2.45) is 16.6 Å². The summed E-state index contributed by atoms with van der Waals surface area (Å²) in [5, 5.41) is 3.19. The van der Waals surface area contributed by atoms with Gasteiger partial charge in [0.15, 0.2) is 5.96 Å². The highest BCUT2D eigenvalue weighted by Crippen LogP contribution is 2.52. The first-order valence-electron chi connectivity index (χ1n) is 15.7. The Morgan fingerprint density at radius 3 is 2.63 bits per heavy atom. The minimum Gasteiger partial charge on any atom is -0.487 e. The number of benzene rings is 2. The van der Waals surface area contributed by atoms with Crippen LogP contribution in [0.15, 0.2) is 47.5 Å². The number of guanidine groups is 1. The molecule has 4 atom stereocenters. The Hall–Kier alpha value is -3.49. The lowest BCUT2D eigenvalue weighted by Gasteiger charge is -2.46. The number of nitrogens with zero attached hydrogens (tertiary/aromatic N) is 2. The summed E-state index contributed by atoms with van der Waals surface area (Å²) < 4.78 is 37.4. The third kappa shape index (κ3) is 5.63. The molecule has 43 heavy (non-hydrogen) atoms. The van der Waals surface area contributed by atoms with Crippen LogP contribution >= 0.6 is 0 Å². The smallest absolute Gasteiger partial charge is 0.273 e. The van der Waals surface area contributed by atoms with Crippen molar-refractivity contribution in [1.29, 1.82) is 0 Å². The molecule has 4 bridgehead atoms. The molecule has 0 fully saturated rings. The first-order valence-corrected chi connectivity index (χ1v) is 15.7. The molecule has 2 aromatic carbocycles. The molecule has 7 nitrogen and oxygen atoms in total. The monoisotopic (exact) mass is 592 g/mol. The third-order valence-corrected chi connectivity index (χ3v) is 9.89. The maximum atomic E-state index is 15.6. The second-order valence-corrected chi connectivity index (χ2v) is 13.5. The highest BCUT2D eigenvalue weighted by Gasteiger charge is 2.51. The number of alkyl halides is 2. The van der Waals surface area contributed by atoms with Crippen LogP contribution in [0.4, 0.5) is 8.78 Å². The van der Waals surface area contributed by atoms with Crippen LogP contribution in [-0.2, 0) is 21.9 Å². The van der Waals surface area contributed by atoms with Gasteiger partial charge in [-0.15, -0.1) is 0 Å². The van der Waals surface area contributed by atoms with Crippen molar-refractivity contribution in [3.05, 3.63) is 64.7 Å². The van der Waals surface area contributed by atoms with Gasteiger partial charge in [-0.25, -0.2) is 13.8 Å². The molecular formula is C34H42F2N4O3. The van der Waals surface area contributed by atoms with Gasteiger partial charge in [-0.3, -0.25) is 14.5 Å². The SMILES string of the molecule is CC[C@@]12CCCCc3ccc4c(c3)[C@H](CC(C)(C)O4)NC(=O)CCC3CC(F)(F)c4ccccc4C3N(C(=O)C1)C(N)=N2. The number of rotatable bonds is 1. The number of hydrogen-bond donors (Lipinski definition) is 2. The lowest BCUT2D eigenvalue weighted by atomic mass is 9.74. The number of fused-ring (bicyclic) bond motifs is 8. The fourth-order valence-corrected chi connectivity index (χ4v) is 7.71. The molecule has 230 valence electrons. The summed E-state index contributed by atoms with van der Waals surface area (Å²) in [6.45, 7) is 6.03. The number of carbonyl (C=O) groups is 2. The second-order valence-electron chi connectivity index (χ2n) is 13.5. The first kappa shape index (κ1) is 29.6. The van der Waals surface area contributed by atoms with Crippen molar-refractivity contribution < 1.29 is 23.1 Å². The van der Waals surface area contributed by atoms with Crippen molar-refractivity contribution >= 4 is 17.8 Å². The second kappa shape index (κ2) is 10.9.